The minimum atomic E-state index is 0.0393. The Hall–Kier alpha value is -0.980. The molecule has 1 saturated heterocycles. The van der Waals surface area contributed by atoms with E-state index in [0.717, 1.165) is 25.3 Å². The molecule has 1 fully saturated rings. The molecule has 17 heavy (non-hydrogen) atoms. The van der Waals surface area contributed by atoms with Gasteiger partial charge in [-0.3, -0.25) is 4.68 Å². The number of nitrogens with zero attached hydrogens (tertiary/aromatic N) is 3. The van der Waals surface area contributed by atoms with Crippen LogP contribution in [-0.4, -0.2) is 39.8 Å². The zero-order chi connectivity index (χ0) is 12.3. The minimum absolute atomic E-state index is 0.0393. The lowest BCUT2D eigenvalue weighted by atomic mass is 9.95. The van der Waals surface area contributed by atoms with Crippen LogP contribution in [0, 0.1) is 0 Å². The number of ether oxygens (including phenoxy) is 1. The molecule has 2 atom stereocenters. The molecule has 1 aromatic heterocycles. The molecule has 1 aromatic rings. The molecule has 1 aliphatic heterocycles. The van der Waals surface area contributed by atoms with Crippen molar-refractivity contribution < 1.29 is 4.74 Å². The minimum Gasteiger partial charge on any atom is -0.377 e. The molecule has 3 N–H and O–H groups in total. The zero-order valence-corrected chi connectivity index (χ0v) is 10.5. The second-order valence-corrected chi connectivity index (χ2v) is 4.80. The Balaban J connectivity index is 1.88. The molecule has 2 rings (SSSR count). The lowest BCUT2D eigenvalue weighted by Gasteiger charge is -2.28. The van der Waals surface area contributed by atoms with Crippen LogP contribution in [0.1, 0.15) is 26.0 Å². The highest BCUT2D eigenvalue weighted by atomic mass is 16.5. The molecule has 0 radical (unpaired) electrons. The summed E-state index contributed by atoms with van der Waals surface area (Å²) in [6.45, 7) is 7.13. The van der Waals surface area contributed by atoms with Crippen molar-refractivity contribution in [2.45, 2.75) is 45.0 Å². The zero-order valence-electron chi connectivity index (χ0n) is 10.5. The van der Waals surface area contributed by atoms with E-state index >= 15 is 0 Å². The molecule has 0 aliphatic carbocycles. The van der Waals surface area contributed by atoms with Gasteiger partial charge in [-0.2, -0.15) is 0 Å². The number of aromatic nitrogens is 3. The van der Waals surface area contributed by atoms with Crippen LogP contribution in [0.5, 0.6) is 0 Å². The van der Waals surface area contributed by atoms with Gasteiger partial charge in [0.15, 0.2) is 0 Å². The van der Waals surface area contributed by atoms with Gasteiger partial charge in [0.1, 0.15) is 0 Å². The molecular formula is C11H21N5O. The fourth-order valence-electron chi connectivity index (χ4n) is 2.02. The smallest absolute Gasteiger partial charge is 0.0965 e. The van der Waals surface area contributed by atoms with Crippen molar-refractivity contribution in [3.63, 3.8) is 0 Å². The highest BCUT2D eigenvalue weighted by Crippen LogP contribution is 2.25. The van der Waals surface area contributed by atoms with E-state index in [2.05, 4.69) is 29.5 Å². The number of hydrogen-bond donors (Lipinski definition) is 2. The van der Waals surface area contributed by atoms with Gasteiger partial charge >= 0.3 is 0 Å². The van der Waals surface area contributed by atoms with Crippen LogP contribution in [0.3, 0.4) is 0 Å². The molecule has 0 bridgehead atoms. The van der Waals surface area contributed by atoms with Crippen molar-refractivity contribution in [2.24, 2.45) is 5.73 Å². The Morgan fingerprint density at radius 2 is 2.53 bits per heavy atom. The van der Waals surface area contributed by atoms with Crippen molar-refractivity contribution in [3.05, 3.63) is 11.9 Å². The number of hydrogen-bond acceptors (Lipinski definition) is 5. The Morgan fingerprint density at radius 1 is 1.71 bits per heavy atom. The molecule has 1 aliphatic rings. The van der Waals surface area contributed by atoms with Crippen LogP contribution in [-0.2, 0) is 17.8 Å². The molecule has 6 heteroatoms. The standard InChI is InChI=1S/C11H21N5O/c1-9-11(2,3-6-17-9)13-7-10-8-16(5-4-12)15-14-10/h8-9,13H,3-7,12H2,1-2H3. The van der Waals surface area contributed by atoms with E-state index < -0.39 is 0 Å². The van der Waals surface area contributed by atoms with Crippen LogP contribution in [0.25, 0.3) is 0 Å². The fraction of sp³-hybridized carbons (Fsp3) is 0.818. The van der Waals surface area contributed by atoms with E-state index in [1.165, 1.54) is 0 Å². The van der Waals surface area contributed by atoms with Gasteiger partial charge in [-0.05, 0) is 20.3 Å². The van der Waals surface area contributed by atoms with Crippen LogP contribution in [0.2, 0.25) is 0 Å². The highest BCUT2D eigenvalue weighted by Gasteiger charge is 2.36. The predicted octanol–water partition coefficient (Wildman–Crippen LogP) is -0.106. The van der Waals surface area contributed by atoms with Gasteiger partial charge in [-0.25, -0.2) is 0 Å². The summed E-state index contributed by atoms with van der Waals surface area (Å²) in [6.07, 6.45) is 3.20. The summed E-state index contributed by atoms with van der Waals surface area (Å²) in [4.78, 5) is 0. The van der Waals surface area contributed by atoms with E-state index in [9.17, 15) is 0 Å². The molecule has 6 nitrogen and oxygen atoms in total. The van der Waals surface area contributed by atoms with Gasteiger partial charge in [0.25, 0.3) is 0 Å². The van der Waals surface area contributed by atoms with Crippen LogP contribution < -0.4 is 11.1 Å². The number of nitrogens with one attached hydrogen (secondary N) is 1. The molecule has 2 unspecified atom stereocenters. The summed E-state index contributed by atoms with van der Waals surface area (Å²) in [5, 5.41) is 11.6. The summed E-state index contributed by atoms with van der Waals surface area (Å²) in [7, 11) is 0. The third kappa shape index (κ3) is 2.83. The van der Waals surface area contributed by atoms with E-state index in [-0.39, 0.29) is 11.6 Å². The van der Waals surface area contributed by atoms with Crippen LogP contribution in [0.4, 0.5) is 0 Å². The predicted molar refractivity (Wildman–Crippen MR) is 64.4 cm³/mol. The summed E-state index contributed by atoms with van der Waals surface area (Å²) in [5.74, 6) is 0. The monoisotopic (exact) mass is 239 g/mol. The lowest BCUT2D eigenvalue weighted by molar-refractivity contribution is 0.0880. The average molecular weight is 239 g/mol. The van der Waals surface area contributed by atoms with Crippen LogP contribution >= 0.6 is 0 Å². The SMILES string of the molecule is CC1OCCC1(C)NCc1cn(CCN)nn1. The van der Waals surface area contributed by atoms with Crippen molar-refractivity contribution in [2.75, 3.05) is 13.2 Å². The van der Waals surface area contributed by atoms with Gasteiger partial charge in [0.05, 0.1) is 18.3 Å². The van der Waals surface area contributed by atoms with Crippen molar-refractivity contribution in [1.82, 2.24) is 20.3 Å². The van der Waals surface area contributed by atoms with Crippen molar-refractivity contribution >= 4 is 0 Å². The van der Waals surface area contributed by atoms with Gasteiger partial charge < -0.3 is 15.8 Å². The topological polar surface area (TPSA) is 78.0 Å². The Bertz CT molecular complexity index is 366. The maximum atomic E-state index is 5.58. The van der Waals surface area contributed by atoms with E-state index in [1.807, 2.05) is 6.20 Å². The highest BCUT2D eigenvalue weighted by molar-refractivity contribution is 4.98. The third-order valence-electron chi connectivity index (χ3n) is 3.50. The Kier molecular flexibility index (Phi) is 3.76. The second-order valence-electron chi connectivity index (χ2n) is 4.80. The van der Waals surface area contributed by atoms with Gasteiger partial charge in [0, 0.05) is 31.4 Å². The third-order valence-corrected chi connectivity index (χ3v) is 3.50. The molecule has 0 aromatic carbocycles. The fourth-order valence-corrected chi connectivity index (χ4v) is 2.02. The first-order valence-electron chi connectivity index (χ1n) is 6.10. The van der Waals surface area contributed by atoms with Crippen molar-refractivity contribution in [3.8, 4) is 0 Å². The summed E-state index contributed by atoms with van der Waals surface area (Å²) in [5.41, 5.74) is 6.44. The van der Waals surface area contributed by atoms with Gasteiger partial charge in [-0.1, -0.05) is 5.21 Å². The first-order chi connectivity index (χ1) is 8.14. The molecule has 2 heterocycles. The van der Waals surface area contributed by atoms with E-state index in [1.54, 1.807) is 4.68 Å². The molecular weight excluding hydrogens is 218 g/mol. The van der Waals surface area contributed by atoms with E-state index in [0.29, 0.717) is 13.1 Å². The molecule has 0 saturated carbocycles. The lowest BCUT2D eigenvalue weighted by Crippen LogP contribution is -2.47. The van der Waals surface area contributed by atoms with Crippen molar-refractivity contribution in [1.29, 1.82) is 0 Å². The first-order valence-corrected chi connectivity index (χ1v) is 6.10. The quantitative estimate of drug-likeness (QED) is 0.750. The normalized spacial score (nSPS) is 28.8. The Morgan fingerprint density at radius 3 is 3.18 bits per heavy atom. The molecule has 0 amide bonds. The maximum absolute atomic E-state index is 5.58. The Labute approximate surface area is 102 Å². The first kappa shape index (κ1) is 12.5. The summed E-state index contributed by atoms with van der Waals surface area (Å²) in [6, 6.07) is 0. The maximum Gasteiger partial charge on any atom is 0.0965 e. The number of rotatable bonds is 5. The van der Waals surface area contributed by atoms with Gasteiger partial charge in [0.2, 0.25) is 0 Å². The van der Waals surface area contributed by atoms with Crippen LogP contribution in [0.15, 0.2) is 6.20 Å². The molecule has 96 valence electrons. The van der Waals surface area contributed by atoms with E-state index in [4.69, 9.17) is 10.5 Å². The number of nitrogens with two attached hydrogens (primary N) is 1. The average Bonchev–Trinajstić information content (AvgIpc) is 2.86. The summed E-state index contributed by atoms with van der Waals surface area (Å²) >= 11 is 0. The summed E-state index contributed by atoms with van der Waals surface area (Å²) < 4.78 is 7.35. The molecule has 0 spiro atoms. The second kappa shape index (κ2) is 5.12. The largest absolute Gasteiger partial charge is 0.377 e. The van der Waals surface area contributed by atoms with Gasteiger partial charge in [-0.15, -0.1) is 5.10 Å².